The molecule has 1 aliphatic rings. The van der Waals surface area contributed by atoms with Gasteiger partial charge < -0.3 is 14.6 Å². The molecular weight excluding hydrogens is 278 g/mol. The van der Waals surface area contributed by atoms with Crippen LogP contribution in [0.4, 0.5) is 0 Å². The monoisotopic (exact) mass is 295 g/mol. The Labute approximate surface area is 124 Å². The Balaban J connectivity index is 0.00000147. The van der Waals surface area contributed by atoms with Crippen LogP contribution in [-0.4, -0.2) is 29.4 Å². The van der Waals surface area contributed by atoms with E-state index >= 15 is 0 Å². The minimum absolute atomic E-state index is 0. The largest absolute Gasteiger partial charge is 0.377 e. The van der Waals surface area contributed by atoms with Gasteiger partial charge in [0.2, 0.25) is 11.7 Å². The molecule has 0 saturated carbocycles. The molecule has 0 spiro atoms. The molecule has 2 heterocycles. The van der Waals surface area contributed by atoms with E-state index in [4.69, 9.17) is 9.26 Å². The summed E-state index contributed by atoms with van der Waals surface area (Å²) in [6.45, 7) is 2.30. The number of rotatable bonds is 5. The van der Waals surface area contributed by atoms with Crippen LogP contribution < -0.4 is 5.32 Å². The topological polar surface area (TPSA) is 60.2 Å². The maximum absolute atomic E-state index is 5.54. The van der Waals surface area contributed by atoms with Crippen LogP contribution in [0.3, 0.4) is 0 Å². The first-order chi connectivity index (χ1) is 9.42. The number of hydrogen-bond donors (Lipinski definition) is 1. The quantitative estimate of drug-likeness (QED) is 0.918. The van der Waals surface area contributed by atoms with Gasteiger partial charge in [-0.25, -0.2) is 0 Å². The van der Waals surface area contributed by atoms with Gasteiger partial charge in [0.25, 0.3) is 0 Å². The highest BCUT2D eigenvalue weighted by Crippen LogP contribution is 2.15. The Bertz CT molecular complexity index is 512. The lowest BCUT2D eigenvalue weighted by Crippen LogP contribution is -2.25. The standard InChI is InChI=1S/C14H17N3O2.ClH/c1-2-5-11(6-3-1)14-16-13(19-17-14)10-15-9-12-7-4-8-18-12;/h1-3,5-6,12,15H,4,7-10H2;1H. The van der Waals surface area contributed by atoms with Crippen LogP contribution in [0.2, 0.25) is 0 Å². The van der Waals surface area contributed by atoms with E-state index in [2.05, 4.69) is 15.5 Å². The molecule has 20 heavy (non-hydrogen) atoms. The van der Waals surface area contributed by atoms with Gasteiger partial charge in [-0.2, -0.15) is 4.98 Å². The molecule has 0 radical (unpaired) electrons. The molecule has 6 heteroatoms. The van der Waals surface area contributed by atoms with Gasteiger partial charge in [-0.05, 0) is 12.8 Å². The lowest BCUT2D eigenvalue weighted by molar-refractivity contribution is 0.109. The molecule has 0 amide bonds. The summed E-state index contributed by atoms with van der Waals surface area (Å²) in [4.78, 5) is 4.36. The van der Waals surface area contributed by atoms with Gasteiger partial charge in [-0.3, -0.25) is 0 Å². The van der Waals surface area contributed by atoms with E-state index in [0.29, 0.717) is 24.4 Å². The fourth-order valence-corrected chi connectivity index (χ4v) is 2.18. The first-order valence-corrected chi connectivity index (χ1v) is 6.62. The fraction of sp³-hybridized carbons (Fsp3) is 0.429. The second-order valence-electron chi connectivity index (χ2n) is 4.64. The van der Waals surface area contributed by atoms with Crippen molar-refractivity contribution in [3.05, 3.63) is 36.2 Å². The van der Waals surface area contributed by atoms with Crippen LogP contribution in [-0.2, 0) is 11.3 Å². The smallest absolute Gasteiger partial charge is 0.240 e. The molecule has 108 valence electrons. The second kappa shape index (κ2) is 7.38. The molecule has 1 N–H and O–H groups in total. The minimum Gasteiger partial charge on any atom is -0.377 e. The van der Waals surface area contributed by atoms with Crippen molar-refractivity contribution in [3.8, 4) is 11.4 Å². The lowest BCUT2D eigenvalue weighted by Gasteiger charge is -2.08. The maximum atomic E-state index is 5.54. The second-order valence-corrected chi connectivity index (χ2v) is 4.64. The Kier molecular flexibility index (Phi) is 5.52. The zero-order valence-electron chi connectivity index (χ0n) is 11.1. The Hall–Kier alpha value is -1.43. The molecule has 1 aliphatic heterocycles. The number of aromatic nitrogens is 2. The summed E-state index contributed by atoms with van der Waals surface area (Å²) in [5.74, 6) is 1.24. The predicted molar refractivity (Wildman–Crippen MR) is 77.7 cm³/mol. The molecule has 1 aromatic heterocycles. The van der Waals surface area contributed by atoms with Gasteiger partial charge in [-0.15, -0.1) is 12.4 Å². The molecule has 1 saturated heterocycles. The molecule has 5 nitrogen and oxygen atoms in total. The van der Waals surface area contributed by atoms with Gasteiger partial charge >= 0.3 is 0 Å². The average molecular weight is 296 g/mol. The van der Waals surface area contributed by atoms with Crippen molar-refractivity contribution < 1.29 is 9.26 Å². The zero-order chi connectivity index (χ0) is 12.9. The number of halogens is 1. The molecule has 1 unspecified atom stereocenters. The zero-order valence-corrected chi connectivity index (χ0v) is 11.9. The molecule has 1 aromatic carbocycles. The summed E-state index contributed by atoms with van der Waals surface area (Å²) in [7, 11) is 0. The Morgan fingerprint density at radius 2 is 2.10 bits per heavy atom. The summed E-state index contributed by atoms with van der Waals surface area (Å²) in [6.07, 6.45) is 2.62. The van der Waals surface area contributed by atoms with Crippen LogP contribution >= 0.6 is 12.4 Å². The number of nitrogens with zero attached hydrogens (tertiary/aromatic N) is 2. The first-order valence-electron chi connectivity index (χ1n) is 6.62. The highest BCUT2D eigenvalue weighted by molar-refractivity contribution is 5.85. The number of benzene rings is 1. The highest BCUT2D eigenvalue weighted by atomic mass is 35.5. The molecule has 0 aliphatic carbocycles. The maximum Gasteiger partial charge on any atom is 0.240 e. The minimum atomic E-state index is 0. The third-order valence-electron chi connectivity index (χ3n) is 3.17. The van der Waals surface area contributed by atoms with Crippen molar-refractivity contribution in [2.45, 2.75) is 25.5 Å². The third-order valence-corrected chi connectivity index (χ3v) is 3.17. The average Bonchev–Trinajstić information content (AvgIpc) is 3.11. The molecule has 1 fully saturated rings. The van der Waals surface area contributed by atoms with Crippen LogP contribution in [0.25, 0.3) is 11.4 Å². The van der Waals surface area contributed by atoms with Gasteiger partial charge in [0.1, 0.15) is 0 Å². The molecule has 2 aromatic rings. The normalized spacial score (nSPS) is 17.9. The summed E-state index contributed by atoms with van der Waals surface area (Å²) < 4.78 is 10.8. The molecular formula is C14H18ClN3O2. The Morgan fingerprint density at radius 3 is 2.85 bits per heavy atom. The first kappa shape index (κ1) is 15.0. The van der Waals surface area contributed by atoms with E-state index in [0.717, 1.165) is 31.6 Å². The van der Waals surface area contributed by atoms with E-state index < -0.39 is 0 Å². The van der Waals surface area contributed by atoms with Crippen molar-refractivity contribution in [3.63, 3.8) is 0 Å². The van der Waals surface area contributed by atoms with E-state index in [1.54, 1.807) is 0 Å². The molecule has 1 atom stereocenters. The summed E-state index contributed by atoms with van der Waals surface area (Å²) >= 11 is 0. The number of nitrogens with one attached hydrogen (secondary N) is 1. The van der Waals surface area contributed by atoms with Gasteiger partial charge in [0.15, 0.2) is 0 Å². The van der Waals surface area contributed by atoms with E-state index in [-0.39, 0.29) is 12.4 Å². The van der Waals surface area contributed by atoms with Crippen LogP contribution in [0.15, 0.2) is 34.9 Å². The predicted octanol–water partition coefficient (Wildman–Crippen LogP) is 2.43. The summed E-state index contributed by atoms with van der Waals surface area (Å²) in [6, 6.07) is 9.82. The lowest BCUT2D eigenvalue weighted by atomic mass is 10.2. The van der Waals surface area contributed by atoms with Gasteiger partial charge in [0.05, 0.1) is 12.6 Å². The van der Waals surface area contributed by atoms with E-state index in [1.165, 1.54) is 0 Å². The van der Waals surface area contributed by atoms with Crippen molar-refractivity contribution in [2.24, 2.45) is 0 Å². The van der Waals surface area contributed by atoms with Crippen LogP contribution in [0, 0.1) is 0 Å². The van der Waals surface area contributed by atoms with Crippen molar-refractivity contribution >= 4 is 12.4 Å². The third kappa shape index (κ3) is 3.79. The fourth-order valence-electron chi connectivity index (χ4n) is 2.18. The number of hydrogen-bond acceptors (Lipinski definition) is 5. The van der Waals surface area contributed by atoms with Crippen LogP contribution in [0.1, 0.15) is 18.7 Å². The van der Waals surface area contributed by atoms with Gasteiger partial charge in [-0.1, -0.05) is 35.5 Å². The molecule has 0 bridgehead atoms. The van der Waals surface area contributed by atoms with E-state index in [1.807, 2.05) is 30.3 Å². The van der Waals surface area contributed by atoms with Crippen molar-refractivity contribution in [1.82, 2.24) is 15.5 Å². The van der Waals surface area contributed by atoms with Crippen molar-refractivity contribution in [2.75, 3.05) is 13.2 Å². The summed E-state index contributed by atoms with van der Waals surface area (Å²) in [5.41, 5.74) is 0.969. The number of ether oxygens (including phenoxy) is 1. The SMILES string of the molecule is Cl.c1ccc(-c2noc(CNCC3CCCO3)n2)cc1. The highest BCUT2D eigenvalue weighted by Gasteiger charge is 2.15. The van der Waals surface area contributed by atoms with Crippen molar-refractivity contribution in [1.29, 1.82) is 0 Å². The Morgan fingerprint density at radius 1 is 1.25 bits per heavy atom. The molecule has 3 rings (SSSR count). The summed E-state index contributed by atoms with van der Waals surface area (Å²) in [5, 5.41) is 7.27. The van der Waals surface area contributed by atoms with Crippen LogP contribution in [0.5, 0.6) is 0 Å². The van der Waals surface area contributed by atoms with E-state index in [9.17, 15) is 0 Å². The van der Waals surface area contributed by atoms with Gasteiger partial charge in [0, 0.05) is 18.7 Å².